The summed E-state index contributed by atoms with van der Waals surface area (Å²) in [5.41, 5.74) is 1.12. The van der Waals surface area contributed by atoms with Crippen LogP contribution in [0.1, 0.15) is 26.3 Å². The van der Waals surface area contributed by atoms with E-state index in [-0.39, 0.29) is 17.5 Å². The van der Waals surface area contributed by atoms with Crippen molar-refractivity contribution in [2.75, 3.05) is 26.7 Å². The van der Waals surface area contributed by atoms with E-state index in [0.717, 1.165) is 26.2 Å². The molecule has 0 saturated carbocycles. The van der Waals surface area contributed by atoms with Gasteiger partial charge in [-0.25, -0.2) is 0 Å². The maximum atomic E-state index is 12.4. The molecule has 1 saturated heterocycles. The second-order valence-electron chi connectivity index (χ2n) is 6.96. The number of amides is 1. The minimum atomic E-state index is -0.181. The Morgan fingerprint density at radius 3 is 2.52 bits per heavy atom. The first-order chi connectivity index (χ1) is 9.85. The highest BCUT2D eigenvalue weighted by Crippen LogP contribution is 2.13. The zero-order valence-electron chi connectivity index (χ0n) is 13.6. The van der Waals surface area contributed by atoms with Crippen molar-refractivity contribution in [2.24, 2.45) is 0 Å². The van der Waals surface area contributed by atoms with Gasteiger partial charge in [0.15, 0.2) is 0 Å². The number of hydrogen-bond acceptors (Lipinski definition) is 3. The minimum Gasteiger partial charge on any atom is -0.350 e. The van der Waals surface area contributed by atoms with Crippen LogP contribution in [-0.4, -0.2) is 54.0 Å². The average Bonchev–Trinajstić information content (AvgIpc) is 2.40. The normalized spacial score (nSPS) is 21.2. The Labute approximate surface area is 128 Å². The molecule has 4 nitrogen and oxygen atoms in total. The number of carbonyl (C=O) groups excluding carboxylic acids is 1. The summed E-state index contributed by atoms with van der Waals surface area (Å²) in [6, 6.07) is 10.4. The summed E-state index contributed by atoms with van der Waals surface area (Å²) in [5, 5.41) is 3.10. The number of likely N-dealkylation sites (N-methyl/N-ethyl adjacent to an activating group) is 1. The molecule has 0 aliphatic carbocycles. The van der Waals surface area contributed by atoms with Gasteiger partial charge in [-0.1, -0.05) is 30.3 Å². The summed E-state index contributed by atoms with van der Waals surface area (Å²) >= 11 is 0. The first-order valence-corrected chi connectivity index (χ1v) is 7.64. The monoisotopic (exact) mass is 289 g/mol. The van der Waals surface area contributed by atoms with Gasteiger partial charge >= 0.3 is 0 Å². The van der Waals surface area contributed by atoms with E-state index in [1.165, 1.54) is 5.56 Å². The van der Waals surface area contributed by atoms with Gasteiger partial charge in [0, 0.05) is 31.7 Å². The van der Waals surface area contributed by atoms with Crippen molar-refractivity contribution < 1.29 is 4.79 Å². The van der Waals surface area contributed by atoms with E-state index in [0.29, 0.717) is 0 Å². The van der Waals surface area contributed by atoms with Crippen LogP contribution in [0, 0.1) is 0 Å². The highest BCUT2D eigenvalue weighted by molar-refractivity contribution is 5.82. The maximum Gasteiger partial charge on any atom is 0.239 e. The first kappa shape index (κ1) is 16.0. The lowest BCUT2D eigenvalue weighted by Crippen LogP contribution is -2.59. The van der Waals surface area contributed by atoms with Gasteiger partial charge < -0.3 is 5.32 Å². The van der Waals surface area contributed by atoms with Crippen molar-refractivity contribution in [1.29, 1.82) is 0 Å². The van der Waals surface area contributed by atoms with E-state index in [4.69, 9.17) is 0 Å². The summed E-state index contributed by atoms with van der Waals surface area (Å²) in [6.45, 7) is 9.70. The molecule has 1 amide bonds. The van der Waals surface area contributed by atoms with Crippen LogP contribution in [0.3, 0.4) is 0 Å². The standard InChI is InChI=1S/C17H27N3O/c1-17(2,3)18-16(21)15-13-20(11-10-19(15)4)12-14-8-6-5-7-9-14/h5-9,15H,10-13H2,1-4H3,(H,18,21)/t15-/m0/s1. The molecule has 1 heterocycles. The number of nitrogens with zero attached hydrogens (tertiary/aromatic N) is 2. The lowest BCUT2D eigenvalue weighted by atomic mass is 10.1. The van der Waals surface area contributed by atoms with Crippen LogP contribution in [0.2, 0.25) is 0 Å². The van der Waals surface area contributed by atoms with E-state index in [2.05, 4.69) is 39.4 Å². The summed E-state index contributed by atoms with van der Waals surface area (Å²) in [7, 11) is 2.03. The fourth-order valence-electron chi connectivity index (χ4n) is 2.65. The fourth-order valence-corrected chi connectivity index (χ4v) is 2.65. The number of piperazine rings is 1. The van der Waals surface area contributed by atoms with Crippen molar-refractivity contribution in [1.82, 2.24) is 15.1 Å². The molecule has 116 valence electrons. The van der Waals surface area contributed by atoms with Crippen LogP contribution < -0.4 is 5.32 Å². The summed E-state index contributed by atoms with van der Waals surface area (Å²) < 4.78 is 0. The fraction of sp³-hybridized carbons (Fsp3) is 0.588. The molecule has 1 fully saturated rings. The Kier molecular flexibility index (Phi) is 5.01. The quantitative estimate of drug-likeness (QED) is 0.920. The van der Waals surface area contributed by atoms with Gasteiger partial charge in [0.25, 0.3) is 0 Å². The predicted octanol–water partition coefficient (Wildman–Crippen LogP) is 1.72. The molecular weight excluding hydrogens is 262 g/mol. The molecule has 0 spiro atoms. The molecule has 1 aromatic rings. The van der Waals surface area contributed by atoms with E-state index in [1.807, 2.05) is 33.9 Å². The summed E-state index contributed by atoms with van der Waals surface area (Å²) in [6.07, 6.45) is 0. The van der Waals surface area contributed by atoms with Gasteiger partial charge in [-0.3, -0.25) is 14.6 Å². The highest BCUT2D eigenvalue weighted by Gasteiger charge is 2.31. The van der Waals surface area contributed by atoms with Crippen molar-refractivity contribution in [3.63, 3.8) is 0 Å². The van der Waals surface area contributed by atoms with E-state index >= 15 is 0 Å². The van der Waals surface area contributed by atoms with Crippen LogP contribution in [0.4, 0.5) is 0 Å². The van der Waals surface area contributed by atoms with Gasteiger partial charge in [0.2, 0.25) is 5.91 Å². The van der Waals surface area contributed by atoms with Gasteiger partial charge in [-0.15, -0.1) is 0 Å². The Balaban J connectivity index is 1.97. The van der Waals surface area contributed by atoms with Crippen LogP contribution in [-0.2, 0) is 11.3 Å². The number of hydrogen-bond donors (Lipinski definition) is 1. The number of rotatable bonds is 3. The lowest BCUT2D eigenvalue weighted by molar-refractivity contribution is -0.129. The molecule has 0 bridgehead atoms. The molecule has 1 N–H and O–H groups in total. The molecule has 1 aromatic carbocycles. The van der Waals surface area contributed by atoms with Crippen LogP contribution >= 0.6 is 0 Å². The molecular formula is C17H27N3O. The maximum absolute atomic E-state index is 12.4. The Morgan fingerprint density at radius 2 is 1.90 bits per heavy atom. The zero-order valence-corrected chi connectivity index (χ0v) is 13.6. The highest BCUT2D eigenvalue weighted by atomic mass is 16.2. The summed E-state index contributed by atoms with van der Waals surface area (Å²) in [4.78, 5) is 17.0. The molecule has 0 radical (unpaired) electrons. The minimum absolute atomic E-state index is 0.0679. The lowest BCUT2D eigenvalue weighted by Gasteiger charge is -2.39. The van der Waals surface area contributed by atoms with E-state index < -0.39 is 0 Å². The molecule has 4 heteroatoms. The first-order valence-electron chi connectivity index (χ1n) is 7.64. The summed E-state index contributed by atoms with van der Waals surface area (Å²) in [5.74, 6) is 0.128. The van der Waals surface area contributed by atoms with Crippen molar-refractivity contribution >= 4 is 5.91 Å². The topological polar surface area (TPSA) is 35.6 Å². The van der Waals surface area contributed by atoms with Crippen molar-refractivity contribution in [3.05, 3.63) is 35.9 Å². The third kappa shape index (κ3) is 4.83. The zero-order chi connectivity index (χ0) is 15.5. The van der Waals surface area contributed by atoms with Gasteiger partial charge in [0.05, 0.1) is 0 Å². The molecule has 21 heavy (non-hydrogen) atoms. The largest absolute Gasteiger partial charge is 0.350 e. The number of carbonyl (C=O) groups is 1. The molecule has 1 atom stereocenters. The molecule has 1 aliphatic heterocycles. The SMILES string of the molecule is CN1CCN(Cc2ccccc2)C[C@H]1C(=O)NC(C)(C)C. The molecule has 0 unspecified atom stereocenters. The van der Waals surface area contributed by atoms with E-state index in [9.17, 15) is 4.79 Å². The smallest absolute Gasteiger partial charge is 0.239 e. The Morgan fingerprint density at radius 1 is 1.24 bits per heavy atom. The van der Waals surface area contributed by atoms with Crippen LogP contribution in [0.5, 0.6) is 0 Å². The van der Waals surface area contributed by atoms with Gasteiger partial charge in [-0.05, 0) is 33.4 Å². The Hall–Kier alpha value is -1.39. The Bertz CT molecular complexity index is 467. The molecule has 0 aromatic heterocycles. The van der Waals surface area contributed by atoms with Gasteiger partial charge in [0.1, 0.15) is 6.04 Å². The van der Waals surface area contributed by atoms with Crippen molar-refractivity contribution in [3.8, 4) is 0 Å². The predicted molar refractivity (Wildman–Crippen MR) is 86.0 cm³/mol. The number of nitrogens with one attached hydrogen (secondary N) is 1. The van der Waals surface area contributed by atoms with Crippen LogP contribution in [0.25, 0.3) is 0 Å². The van der Waals surface area contributed by atoms with Crippen molar-refractivity contribution in [2.45, 2.75) is 38.9 Å². The van der Waals surface area contributed by atoms with Crippen LogP contribution in [0.15, 0.2) is 30.3 Å². The van der Waals surface area contributed by atoms with E-state index in [1.54, 1.807) is 0 Å². The molecule has 1 aliphatic rings. The third-order valence-electron chi connectivity index (χ3n) is 3.78. The second kappa shape index (κ2) is 6.58. The average molecular weight is 289 g/mol. The van der Waals surface area contributed by atoms with Gasteiger partial charge in [-0.2, -0.15) is 0 Å². The third-order valence-corrected chi connectivity index (χ3v) is 3.78. The second-order valence-corrected chi connectivity index (χ2v) is 6.96. The number of benzene rings is 1. The molecule has 2 rings (SSSR count).